The van der Waals surface area contributed by atoms with Crippen LogP contribution in [-0.4, -0.2) is 33.2 Å². The Hall–Kier alpha value is 0.320. The van der Waals surface area contributed by atoms with Crippen LogP contribution in [0.3, 0.4) is 0 Å². The summed E-state index contributed by atoms with van der Waals surface area (Å²) in [4.78, 5) is 7.72. The maximum Gasteiger partial charge on any atom is 0.163 e. The summed E-state index contributed by atoms with van der Waals surface area (Å²) in [6.07, 6.45) is 0.975. The van der Waals surface area contributed by atoms with Crippen LogP contribution in [0.25, 0.3) is 0 Å². The van der Waals surface area contributed by atoms with Gasteiger partial charge >= 0.3 is 0 Å². The number of amidine groups is 1. The van der Waals surface area contributed by atoms with Crippen LogP contribution in [0.5, 0.6) is 0 Å². The number of rotatable bonds is 1. The summed E-state index contributed by atoms with van der Waals surface area (Å²) in [5.41, 5.74) is 0. The van der Waals surface area contributed by atoms with E-state index in [1.165, 1.54) is 0 Å². The molecule has 0 fully saturated rings. The first-order chi connectivity index (χ1) is 4.74. The summed E-state index contributed by atoms with van der Waals surface area (Å²) >= 11 is 7.49. The minimum Gasteiger partial charge on any atom is -0.370 e. The van der Waals surface area contributed by atoms with Gasteiger partial charge in [-0.15, -0.1) is 11.6 Å². The van der Waals surface area contributed by atoms with Gasteiger partial charge in [0.05, 0.1) is 9.80 Å². The third kappa shape index (κ3) is 1.90. The van der Waals surface area contributed by atoms with Crippen molar-refractivity contribution in [2.24, 2.45) is 9.98 Å². The van der Waals surface area contributed by atoms with Crippen molar-refractivity contribution in [2.75, 3.05) is 5.88 Å². The zero-order valence-electron chi connectivity index (χ0n) is 5.04. The SMILES string of the molecule is OC1N=C(CCl)N=C[C@@H]1I. The van der Waals surface area contributed by atoms with Crippen molar-refractivity contribution in [1.29, 1.82) is 0 Å². The summed E-state index contributed by atoms with van der Waals surface area (Å²) < 4.78 is -0.0235. The summed E-state index contributed by atoms with van der Waals surface area (Å²) in [5.74, 6) is 0.763. The van der Waals surface area contributed by atoms with Crippen molar-refractivity contribution in [3.63, 3.8) is 0 Å². The first-order valence-corrected chi connectivity index (χ1v) is 4.51. The second-order valence-electron chi connectivity index (χ2n) is 1.82. The van der Waals surface area contributed by atoms with Gasteiger partial charge in [0.25, 0.3) is 0 Å². The van der Waals surface area contributed by atoms with E-state index in [2.05, 4.69) is 32.6 Å². The van der Waals surface area contributed by atoms with Crippen LogP contribution in [0.2, 0.25) is 0 Å². The molecule has 0 aromatic carbocycles. The molecule has 1 aliphatic rings. The Bertz CT molecular complexity index is 182. The zero-order valence-corrected chi connectivity index (χ0v) is 7.95. The van der Waals surface area contributed by atoms with Crippen molar-refractivity contribution in [2.45, 2.75) is 10.2 Å². The van der Waals surface area contributed by atoms with Gasteiger partial charge in [-0.2, -0.15) is 0 Å². The van der Waals surface area contributed by atoms with Gasteiger partial charge in [-0.05, 0) is 0 Å². The van der Waals surface area contributed by atoms with E-state index in [9.17, 15) is 0 Å². The first-order valence-electron chi connectivity index (χ1n) is 2.73. The van der Waals surface area contributed by atoms with Gasteiger partial charge in [-0.1, -0.05) is 22.6 Å². The van der Waals surface area contributed by atoms with Gasteiger partial charge in [0.15, 0.2) is 6.23 Å². The highest BCUT2D eigenvalue weighted by Gasteiger charge is 2.16. The topological polar surface area (TPSA) is 45.0 Å². The van der Waals surface area contributed by atoms with E-state index in [1.54, 1.807) is 6.21 Å². The quantitative estimate of drug-likeness (QED) is 0.558. The van der Waals surface area contributed by atoms with Crippen molar-refractivity contribution < 1.29 is 5.11 Å². The van der Waals surface area contributed by atoms with E-state index < -0.39 is 6.23 Å². The van der Waals surface area contributed by atoms with Gasteiger partial charge in [0.1, 0.15) is 5.84 Å². The van der Waals surface area contributed by atoms with Gasteiger partial charge in [-0.25, -0.2) is 9.98 Å². The molecule has 1 aliphatic heterocycles. The molecule has 0 bridgehead atoms. The second-order valence-corrected chi connectivity index (χ2v) is 3.52. The molecule has 0 spiro atoms. The fourth-order valence-corrected chi connectivity index (χ4v) is 1.02. The zero-order chi connectivity index (χ0) is 7.56. The fraction of sp³-hybridized carbons (Fsp3) is 0.600. The summed E-state index contributed by atoms with van der Waals surface area (Å²) in [6, 6.07) is 0. The number of aliphatic hydroxyl groups is 1. The Morgan fingerprint density at radius 3 is 3.00 bits per heavy atom. The molecule has 1 heterocycles. The van der Waals surface area contributed by atoms with Crippen molar-refractivity contribution >= 4 is 46.2 Å². The molecule has 0 aliphatic carbocycles. The molecule has 1 rings (SSSR count). The Labute approximate surface area is 77.3 Å². The highest BCUT2D eigenvalue weighted by atomic mass is 127. The Kier molecular flexibility index (Phi) is 3.06. The predicted octanol–water partition coefficient (Wildman–Crippen LogP) is 0.830. The molecule has 10 heavy (non-hydrogen) atoms. The van der Waals surface area contributed by atoms with E-state index in [4.69, 9.17) is 16.7 Å². The third-order valence-electron chi connectivity index (χ3n) is 1.05. The minimum atomic E-state index is -0.674. The van der Waals surface area contributed by atoms with E-state index >= 15 is 0 Å². The van der Waals surface area contributed by atoms with Crippen LogP contribution < -0.4 is 0 Å². The molecule has 0 saturated carbocycles. The molecule has 1 unspecified atom stereocenters. The van der Waals surface area contributed by atoms with Crippen LogP contribution in [0.1, 0.15) is 0 Å². The second kappa shape index (κ2) is 3.64. The van der Waals surface area contributed by atoms with E-state index in [0.29, 0.717) is 5.84 Å². The van der Waals surface area contributed by atoms with Crippen LogP contribution >= 0.6 is 34.2 Å². The number of hydrogen-bond acceptors (Lipinski definition) is 3. The largest absolute Gasteiger partial charge is 0.370 e. The Morgan fingerprint density at radius 2 is 2.50 bits per heavy atom. The molecule has 0 aromatic heterocycles. The van der Waals surface area contributed by atoms with E-state index in [0.717, 1.165) is 0 Å². The normalized spacial score (nSPS) is 32.1. The van der Waals surface area contributed by atoms with Crippen molar-refractivity contribution in [1.82, 2.24) is 0 Å². The molecule has 3 nitrogen and oxygen atoms in total. The number of aliphatic imine (C=N–C) groups is 2. The summed E-state index contributed by atoms with van der Waals surface area (Å²) in [7, 11) is 0. The summed E-state index contributed by atoms with van der Waals surface area (Å²) in [5, 5.41) is 9.13. The highest BCUT2D eigenvalue weighted by molar-refractivity contribution is 14.1. The molecule has 0 aromatic rings. The van der Waals surface area contributed by atoms with Crippen LogP contribution in [0.4, 0.5) is 0 Å². The summed E-state index contributed by atoms with van der Waals surface area (Å²) in [6.45, 7) is 0. The molecular weight excluding hydrogens is 266 g/mol. The van der Waals surface area contributed by atoms with E-state index in [1.807, 2.05) is 0 Å². The van der Waals surface area contributed by atoms with Gasteiger partial charge in [0, 0.05) is 6.21 Å². The fourth-order valence-electron chi connectivity index (χ4n) is 0.560. The molecule has 0 amide bonds. The Morgan fingerprint density at radius 1 is 1.80 bits per heavy atom. The average molecular weight is 272 g/mol. The predicted molar refractivity (Wildman–Crippen MR) is 50.5 cm³/mol. The Balaban J connectivity index is 2.66. The number of halogens is 2. The lowest BCUT2D eigenvalue weighted by Gasteiger charge is -2.13. The average Bonchev–Trinajstić information content (AvgIpc) is 1.95. The lowest BCUT2D eigenvalue weighted by molar-refractivity contribution is 0.201. The van der Waals surface area contributed by atoms with Crippen LogP contribution in [-0.2, 0) is 0 Å². The maximum absolute atomic E-state index is 9.13. The lowest BCUT2D eigenvalue weighted by Crippen LogP contribution is -2.25. The number of aliphatic hydroxyl groups excluding tert-OH is 1. The monoisotopic (exact) mass is 272 g/mol. The van der Waals surface area contributed by atoms with E-state index in [-0.39, 0.29) is 9.80 Å². The number of hydrogen-bond donors (Lipinski definition) is 1. The number of nitrogens with zero attached hydrogens (tertiary/aromatic N) is 2. The maximum atomic E-state index is 9.13. The third-order valence-corrected chi connectivity index (χ3v) is 2.26. The molecule has 56 valence electrons. The molecular formula is C5H6ClIN2O. The number of alkyl halides is 2. The molecule has 1 N–H and O–H groups in total. The van der Waals surface area contributed by atoms with Gasteiger partial charge in [0.2, 0.25) is 0 Å². The first kappa shape index (κ1) is 8.42. The van der Waals surface area contributed by atoms with Gasteiger partial charge < -0.3 is 5.11 Å². The standard InChI is InChI=1S/C5H6ClIN2O/c6-1-4-8-2-3(7)5(10)9-4/h2-3,5,10H,1H2/t3-,5?/m0/s1. The smallest absolute Gasteiger partial charge is 0.163 e. The lowest BCUT2D eigenvalue weighted by atomic mass is 10.4. The van der Waals surface area contributed by atoms with Gasteiger partial charge in [-0.3, -0.25) is 0 Å². The molecule has 2 atom stereocenters. The van der Waals surface area contributed by atoms with Crippen LogP contribution in [0.15, 0.2) is 9.98 Å². The van der Waals surface area contributed by atoms with Crippen molar-refractivity contribution in [3.8, 4) is 0 Å². The van der Waals surface area contributed by atoms with Crippen LogP contribution in [0, 0.1) is 0 Å². The minimum absolute atomic E-state index is 0.0235. The molecule has 0 radical (unpaired) electrons. The molecule has 5 heteroatoms. The molecule has 0 saturated heterocycles. The highest BCUT2D eigenvalue weighted by Crippen LogP contribution is 2.10. The van der Waals surface area contributed by atoms with Crippen molar-refractivity contribution in [3.05, 3.63) is 0 Å².